The monoisotopic (exact) mass is 166 g/mol. The van der Waals surface area contributed by atoms with Crippen LogP contribution in [0.25, 0.3) is 0 Å². The summed E-state index contributed by atoms with van der Waals surface area (Å²) in [5.41, 5.74) is 5.63. The molecule has 0 aliphatic heterocycles. The Labute approximate surface area is 72.7 Å². The summed E-state index contributed by atoms with van der Waals surface area (Å²) in [4.78, 5) is 11.1. The summed E-state index contributed by atoms with van der Waals surface area (Å²) in [6.45, 7) is 0.301. The maximum atomic E-state index is 11.1. The molecule has 0 unspecified atom stereocenters. The number of nitrogens with one attached hydrogen (secondary N) is 1. The largest absolute Gasteiger partial charge is 0.345 e. The third-order valence-electron chi connectivity index (χ3n) is 2.25. The van der Waals surface area contributed by atoms with Crippen molar-refractivity contribution in [2.75, 3.05) is 6.54 Å². The van der Waals surface area contributed by atoms with Crippen molar-refractivity contribution in [3.8, 4) is 12.3 Å². The Morgan fingerprint density at radius 3 is 2.75 bits per heavy atom. The van der Waals surface area contributed by atoms with Crippen molar-refractivity contribution in [3.05, 3.63) is 0 Å². The summed E-state index contributed by atoms with van der Waals surface area (Å²) < 4.78 is 0. The van der Waals surface area contributed by atoms with Crippen LogP contribution in [0.5, 0.6) is 0 Å². The third kappa shape index (κ3) is 2.24. The van der Waals surface area contributed by atoms with E-state index in [0.29, 0.717) is 13.0 Å². The van der Waals surface area contributed by atoms with Crippen molar-refractivity contribution in [1.29, 1.82) is 0 Å². The third-order valence-corrected chi connectivity index (χ3v) is 2.25. The van der Waals surface area contributed by atoms with E-state index in [2.05, 4.69) is 11.2 Å². The molecule has 1 aliphatic carbocycles. The summed E-state index contributed by atoms with van der Waals surface area (Å²) in [5.74, 6) is 2.32. The van der Waals surface area contributed by atoms with E-state index in [4.69, 9.17) is 12.2 Å². The second kappa shape index (κ2) is 3.59. The number of rotatable bonds is 3. The van der Waals surface area contributed by atoms with Gasteiger partial charge >= 0.3 is 0 Å². The number of nitrogens with two attached hydrogens (primary N) is 1. The highest BCUT2D eigenvalue weighted by atomic mass is 16.1. The molecule has 1 fully saturated rings. The minimum Gasteiger partial charge on any atom is -0.345 e. The number of terminal acetylenes is 1. The van der Waals surface area contributed by atoms with Gasteiger partial charge in [0.2, 0.25) is 5.91 Å². The van der Waals surface area contributed by atoms with Gasteiger partial charge in [-0.05, 0) is 19.3 Å². The van der Waals surface area contributed by atoms with Gasteiger partial charge in [-0.2, -0.15) is 0 Å². The van der Waals surface area contributed by atoms with Gasteiger partial charge in [-0.25, -0.2) is 0 Å². The summed E-state index contributed by atoms with van der Waals surface area (Å²) >= 11 is 0. The molecule has 3 nitrogen and oxygen atoms in total. The second-order valence-electron chi connectivity index (χ2n) is 3.37. The molecular weight excluding hydrogens is 152 g/mol. The van der Waals surface area contributed by atoms with Crippen LogP contribution >= 0.6 is 0 Å². The van der Waals surface area contributed by atoms with E-state index in [1.807, 2.05) is 0 Å². The normalized spacial score (nSPS) is 19.0. The molecule has 3 heteroatoms. The molecule has 1 amide bonds. The van der Waals surface area contributed by atoms with Crippen LogP contribution in [-0.2, 0) is 4.79 Å². The van der Waals surface area contributed by atoms with Gasteiger partial charge in [0, 0.05) is 12.0 Å². The van der Waals surface area contributed by atoms with Crippen molar-refractivity contribution in [3.63, 3.8) is 0 Å². The molecule has 66 valence electrons. The van der Waals surface area contributed by atoms with E-state index < -0.39 is 0 Å². The summed E-state index contributed by atoms with van der Waals surface area (Å²) in [5, 5.41) is 2.60. The maximum Gasteiger partial charge on any atom is 0.222 e. The highest BCUT2D eigenvalue weighted by Gasteiger charge is 2.34. The molecule has 0 heterocycles. The van der Waals surface area contributed by atoms with Gasteiger partial charge < -0.3 is 11.1 Å². The van der Waals surface area contributed by atoms with Crippen molar-refractivity contribution >= 4 is 5.91 Å². The van der Waals surface area contributed by atoms with Crippen molar-refractivity contribution in [2.45, 2.75) is 31.2 Å². The maximum absolute atomic E-state index is 11.1. The molecule has 0 radical (unpaired) electrons. The first-order chi connectivity index (χ1) is 5.66. The Morgan fingerprint density at radius 1 is 1.67 bits per heavy atom. The molecule has 0 spiro atoms. The predicted molar refractivity (Wildman–Crippen MR) is 47.2 cm³/mol. The van der Waals surface area contributed by atoms with Gasteiger partial charge in [-0.15, -0.1) is 6.42 Å². The zero-order chi connectivity index (χ0) is 9.03. The molecule has 1 rings (SSSR count). The van der Waals surface area contributed by atoms with E-state index in [0.717, 1.165) is 19.3 Å². The summed E-state index contributed by atoms with van der Waals surface area (Å²) in [6.07, 6.45) is 8.45. The van der Waals surface area contributed by atoms with E-state index in [9.17, 15) is 4.79 Å². The Kier molecular flexibility index (Phi) is 2.72. The molecule has 1 saturated carbocycles. The summed E-state index contributed by atoms with van der Waals surface area (Å²) in [7, 11) is 0. The highest BCUT2D eigenvalue weighted by Crippen LogP contribution is 2.31. The fourth-order valence-electron chi connectivity index (χ4n) is 1.34. The molecule has 0 aromatic rings. The minimum absolute atomic E-state index is 0.0323. The lowest BCUT2D eigenvalue weighted by Crippen LogP contribution is -2.49. The lowest BCUT2D eigenvalue weighted by molar-refractivity contribution is -0.122. The van der Waals surface area contributed by atoms with E-state index >= 15 is 0 Å². The SMILES string of the molecule is C#CCNC(=O)CC1(N)CCC1. The minimum atomic E-state index is -0.237. The zero-order valence-corrected chi connectivity index (χ0v) is 7.10. The van der Waals surface area contributed by atoms with Crippen LogP contribution in [0.15, 0.2) is 0 Å². The van der Waals surface area contributed by atoms with Crippen molar-refractivity contribution < 1.29 is 4.79 Å². The van der Waals surface area contributed by atoms with Crippen LogP contribution in [0.4, 0.5) is 0 Å². The molecule has 0 atom stereocenters. The number of hydrogen-bond donors (Lipinski definition) is 2. The van der Waals surface area contributed by atoms with Gasteiger partial charge in [0.25, 0.3) is 0 Å². The van der Waals surface area contributed by atoms with Crippen LogP contribution in [0.1, 0.15) is 25.7 Å². The molecule has 0 aromatic heterocycles. The van der Waals surface area contributed by atoms with Crippen molar-refractivity contribution in [2.24, 2.45) is 5.73 Å². The zero-order valence-electron chi connectivity index (χ0n) is 7.10. The molecule has 12 heavy (non-hydrogen) atoms. The highest BCUT2D eigenvalue weighted by molar-refractivity contribution is 5.77. The van der Waals surface area contributed by atoms with Crippen LogP contribution in [0.2, 0.25) is 0 Å². The Bertz CT molecular complexity index is 213. The molecule has 3 N–H and O–H groups in total. The first-order valence-corrected chi connectivity index (χ1v) is 4.15. The molecule has 0 aromatic carbocycles. The standard InChI is InChI=1S/C9H14N2O/c1-2-6-11-8(12)7-9(10)4-3-5-9/h1H,3-7,10H2,(H,11,12). The smallest absolute Gasteiger partial charge is 0.222 e. The molecule has 1 aliphatic rings. The number of carbonyl (C=O) groups is 1. The molecule has 0 saturated heterocycles. The quantitative estimate of drug-likeness (QED) is 0.580. The van der Waals surface area contributed by atoms with E-state index in [1.165, 1.54) is 0 Å². The predicted octanol–water partition coefficient (Wildman–Crippen LogP) is 0.00730. The van der Waals surface area contributed by atoms with Crippen LogP contribution in [-0.4, -0.2) is 18.0 Å². The van der Waals surface area contributed by atoms with Crippen LogP contribution in [0, 0.1) is 12.3 Å². The van der Waals surface area contributed by atoms with Crippen molar-refractivity contribution in [1.82, 2.24) is 5.32 Å². The van der Waals surface area contributed by atoms with Gasteiger partial charge in [-0.3, -0.25) is 4.79 Å². The first-order valence-electron chi connectivity index (χ1n) is 4.15. The number of hydrogen-bond acceptors (Lipinski definition) is 2. The Balaban J connectivity index is 2.22. The van der Waals surface area contributed by atoms with Gasteiger partial charge in [0.1, 0.15) is 0 Å². The average Bonchev–Trinajstić information content (AvgIpc) is 1.98. The Morgan fingerprint density at radius 2 is 2.33 bits per heavy atom. The number of carbonyl (C=O) groups excluding carboxylic acids is 1. The molecular formula is C9H14N2O. The van der Waals surface area contributed by atoms with E-state index in [1.54, 1.807) is 0 Å². The fraction of sp³-hybridized carbons (Fsp3) is 0.667. The van der Waals surface area contributed by atoms with Gasteiger partial charge in [-0.1, -0.05) is 5.92 Å². The Hall–Kier alpha value is -1.01. The topological polar surface area (TPSA) is 55.1 Å². The van der Waals surface area contributed by atoms with Crippen LogP contribution in [0.3, 0.4) is 0 Å². The lowest BCUT2D eigenvalue weighted by Gasteiger charge is -2.37. The van der Waals surface area contributed by atoms with Gasteiger partial charge in [0.15, 0.2) is 0 Å². The fourth-order valence-corrected chi connectivity index (χ4v) is 1.34. The van der Waals surface area contributed by atoms with E-state index in [-0.39, 0.29) is 11.4 Å². The summed E-state index contributed by atoms with van der Waals surface area (Å²) in [6, 6.07) is 0. The average molecular weight is 166 g/mol. The first kappa shape index (κ1) is 9.08. The number of amides is 1. The van der Waals surface area contributed by atoms with Gasteiger partial charge in [0.05, 0.1) is 6.54 Å². The molecule has 0 bridgehead atoms. The second-order valence-corrected chi connectivity index (χ2v) is 3.37. The lowest BCUT2D eigenvalue weighted by atomic mass is 9.75. The van der Waals surface area contributed by atoms with Crippen LogP contribution < -0.4 is 11.1 Å².